The average molecular weight is 517 g/mol. The van der Waals surface area contributed by atoms with Crippen molar-refractivity contribution in [3.8, 4) is 5.75 Å². The van der Waals surface area contributed by atoms with E-state index < -0.39 is 11.7 Å². The van der Waals surface area contributed by atoms with Gasteiger partial charge in [0.25, 0.3) is 0 Å². The van der Waals surface area contributed by atoms with Crippen molar-refractivity contribution in [2.45, 2.75) is 39.2 Å². The summed E-state index contributed by atoms with van der Waals surface area (Å²) >= 11 is 2.28. The minimum absolute atomic E-state index is 0.323. The number of carbonyl (C=O) groups is 1. The third-order valence-electron chi connectivity index (χ3n) is 4.61. The molecule has 1 fully saturated rings. The molecule has 1 aliphatic rings. The summed E-state index contributed by atoms with van der Waals surface area (Å²) in [6, 6.07) is 20.0. The van der Waals surface area contributed by atoms with E-state index in [0.29, 0.717) is 13.2 Å². The van der Waals surface area contributed by atoms with Crippen molar-refractivity contribution in [1.29, 1.82) is 0 Å². The molecule has 1 saturated heterocycles. The van der Waals surface area contributed by atoms with Crippen LogP contribution in [-0.4, -0.2) is 24.5 Å². The van der Waals surface area contributed by atoms with Gasteiger partial charge < -0.3 is 14.2 Å². The summed E-state index contributed by atoms with van der Waals surface area (Å²) < 4.78 is 18.3. The molecule has 0 unspecified atom stereocenters. The summed E-state index contributed by atoms with van der Waals surface area (Å²) in [5.41, 5.74) is 1.21. The molecule has 30 heavy (non-hydrogen) atoms. The Morgan fingerprint density at radius 3 is 2.37 bits per heavy atom. The predicted molar refractivity (Wildman–Crippen MR) is 126 cm³/mol. The Bertz CT molecular complexity index is 1060. The molecule has 4 rings (SSSR count). The smallest absolute Gasteiger partial charge is 0.417 e. The molecule has 1 amide bonds. The Kier molecular flexibility index (Phi) is 5.88. The minimum atomic E-state index is -0.598. The molecule has 0 aromatic heterocycles. The highest BCUT2D eigenvalue weighted by atomic mass is 127. The molecule has 0 saturated carbocycles. The highest BCUT2D eigenvalue weighted by Gasteiger charge is 2.39. The van der Waals surface area contributed by atoms with Crippen molar-refractivity contribution in [2.75, 3.05) is 11.5 Å². The molecule has 1 heterocycles. The summed E-state index contributed by atoms with van der Waals surface area (Å²) in [5.74, 6) is 0.721. The number of ether oxygens (including phenoxy) is 3. The Labute approximate surface area is 190 Å². The second-order valence-corrected chi connectivity index (χ2v) is 9.24. The first-order valence-corrected chi connectivity index (χ1v) is 10.9. The molecule has 0 bridgehead atoms. The number of hydrogen-bond donors (Lipinski definition) is 0. The number of amides is 1. The Hall–Kier alpha value is -2.32. The first-order valence-electron chi connectivity index (χ1n) is 9.85. The van der Waals surface area contributed by atoms with Gasteiger partial charge >= 0.3 is 6.09 Å². The molecule has 0 spiro atoms. The molecule has 6 heteroatoms. The normalized spacial score (nSPS) is 15.7. The molecule has 3 aromatic carbocycles. The summed E-state index contributed by atoms with van der Waals surface area (Å²) in [4.78, 5) is 14.6. The fourth-order valence-electron chi connectivity index (χ4n) is 3.20. The van der Waals surface area contributed by atoms with Crippen molar-refractivity contribution >= 4 is 45.1 Å². The highest BCUT2D eigenvalue weighted by molar-refractivity contribution is 14.1. The van der Waals surface area contributed by atoms with Gasteiger partial charge in [-0.25, -0.2) is 9.69 Å². The number of hydrogen-bond acceptors (Lipinski definition) is 4. The third kappa shape index (κ3) is 4.70. The van der Waals surface area contributed by atoms with E-state index in [1.807, 2.05) is 81.4 Å². The Morgan fingerprint density at radius 2 is 1.73 bits per heavy atom. The number of epoxide rings is 1. The van der Waals surface area contributed by atoms with Gasteiger partial charge in [0.15, 0.2) is 6.23 Å². The van der Waals surface area contributed by atoms with Gasteiger partial charge in [-0.15, -0.1) is 0 Å². The van der Waals surface area contributed by atoms with Gasteiger partial charge in [-0.3, -0.25) is 0 Å². The fourth-order valence-corrected chi connectivity index (χ4v) is 4.08. The standard InChI is InChI=1S/C24H24INO4/c1-24(2,3)30-23(27)26(21-15-29-21)19-13-20(28-14-16-9-5-4-6-10-16)17-11-7-8-12-18(17)22(19)25/h4-13,21H,14-15H2,1-3H3/t21-/m0/s1. The van der Waals surface area contributed by atoms with E-state index in [9.17, 15) is 4.79 Å². The van der Waals surface area contributed by atoms with E-state index in [2.05, 4.69) is 22.6 Å². The minimum Gasteiger partial charge on any atom is -0.488 e. The molecule has 3 aromatic rings. The van der Waals surface area contributed by atoms with Crippen molar-refractivity contribution < 1.29 is 19.0 Å². The van der Waals surface area contributed by atoms with Crippen LogP contribution in [0.5, 0.6) is 5.75 Å². The quantitative estimate of drug-likeness (QED) is 0.302. The number of nitrogens with zero attached hydrogens (tertiary/aromatic N) is 1. The zero-order chi connectivity index (χ0) is 21.3. The van der Waals surface area contributed by atoms with E-state index in [4.69, 9.17) is 14.2 Å². The number of benzene rings is 3. The van der Waals surface area contributed by atoms with E-state index in [1.54, 1.807) is 4.90 Å². The zero-order valence-corrected chi connectivity index (χ0v) is 19.4. The molecule has 1 aliphatic heterocycles. The molecule has 5 nitrogen and oxygen atoms in total. The topological polar surface area (TPSA) is 51.3 Å². The molecule has 156 valence electrons. The number of fused-ring (bicyclic) bond motifs is 1. The molecule has 0 N–H and O–H groups in total. The molecular weight excluding hydrogens is 493 g/mol. The second kappa shape index (κ2) is 8.43. The summed E-state index contributed by atoms with van der Waals surface area (Å²) in [7, 11) is 0. The first kappa shape index (κ1) is 20.9. The van der Waals surface area contributed by atoms with Crippen molar-refractivity contribution in [2.24, 2.45) is 0 Å². The van der Waals surface area contributed by atoms with Gasteiger partial charge in [-0.1, -0.05) is 54.6 Å². The van der Waals surface area contributed by atoms with Gasteiger partial charge in [0.1, 0.15) is 18.0 Å². The van der Waals surface area contributed by atoms with Gasteiger partial charge in [0.2, 0.25) is 0 Å². The lowest BCUT2D eigenvalue weighted by atomic mass is 10.1. The highest BCUT2D eigenvalue weighted by Crippen LogP contribution is 2.40. The van der Waals surface area contributed by atoms with Gasteiger partial charge in [-0.2, -0.15) is 0 Å². The fraction of sp³-hybridized carbons (Fsp3) is 0.292. The molecular formula is C24H24INO4. The lowest BCUT2D eigenvalue weighted by Crippen LogP contribution is -2.39. The largest absolute Gasteiger partial charge is 0.488 e. The van der Waals surface area contributed by atoms with Crippen LogP contribution in [-0.2, 0) is 16.1 Å². The van der Waals surface area contributed by atoms with Gasteiger partial charge in [-0.05, 0) is 48.9 Å². The SMILES string of the molecule is CC(C)(C)OC(=O)N(c1cc(OCc2ccccc2)c2ccccc2c1I)[C@@H]1CO1. The Balaban J connectivity index is 1.75. The first-order chi connectivity index (χ1) is 14.3. The van der Waals surface area contributed by atoms with Crippen LogP contribution in [0.2, 0.25) is 0 Å². The monoisotopic (exact) mass is 517 g/mol. The number of rotatable bonds is 5. The maximum absolute atomic E-state index is 13.0. The van der Waals surface area contributed by atoms with Crippen LogP contribution in [0.1, 0.15) is 26.3 Å². The average Bonchev–Trinajstić information content (AvgIpc) is 3.53. The van der Waals surface area contributed by atoms with Crippen molar-refractivity contribution in [1.82, 2.24) is 0 Å². The summed E-state index contributed by atoms with van der Waals surface area (Å²) in [6.07, 6.45) is -0.747. The van der Waals surface area contributed by atoms with Crippen LogP contribution in [0.15, 0.2) is 60.7 Å². The lowest BCUT2D eigenvalue weighted by Gasteiger charge is -2.28. The molecule has 0 radical (unpaired) electrons. The summed E-state index contributed by atoms with van der Waals surface area (Å²) in [6.45, 7) is 6.50. The third-order valence-corrected chi connectivity index (χ3v) is 5.75. The molecule has 1 atom stereocenters. The van der Waals surface area contributed by atoms with Gasteiger partial charge in [0, 0.05) is 20.4 Å². The predicted octanol–water partition coefficient (Wildman–Crippen LogP) is 6.12. The van der Waals surface area contributed by atoms with Crippen LogP contribution >= 0.6 is 22.6 Å². The maximum Gasteiger partial charge on any atom is 0.417 e. The number of carbonyl (C=O) groups excluding carboxylic acids is 1. The number of anilines is 1. The van der Waals surface area contributed by atoms with Gasteiger partial charge in [0.05, 0.1) is 12.3 Å². The van der Waals surface area contributed by atoms with Crippen LogP contribution in [0.3, 0.4) is 0 Å². The molecule has 0 aliphatic carbocycles. The Morgan fingerprint density at radius 1 is 1.10 bits per heavy atom. The second-order valence-electron chi connectivity index (χ2n) is 8.17. The van der Waals surface area contributed by atoms with Crippen LogP contribution in [0.4, 0.5) is 10.5 Å². The van der Waals surface area contributed by atoms with E-state index in [-0.39, 0.29) is 6.23 Å². The summed E-state index contributed by atoms with van der Waals surface area (Å²) in [5, 5.41) is 2.02. The maximum atomic E-state index is 13.0. The van der Waals surface area contributed by atoms with E-state index in [1.165, 1.54) is 0 Å². The number of halogens is 1. The van der Waals surface area contributed by atoms with E-state index >= 15 is 0 Å². The zero-order valence-electron chi connectivity index (χ0n) is 17.2. The van der Waals surface area contributed by atoms with Crippen molar-refractivity contribution in [3.05, 3.63) is 69.8 Å². The van der Waals surface area contributed by atoms with Crippen LogP contribution < -0.4 is 9.64 Å². The van der Waals surface area contributed by atoms with Crippen molar-refractivity contribution in [3.63, 3.8) is 0 Å². The lowest BCUT2D eigenvalue weighted by molar-refractivity contribution is 0.0564. The van der Waals surface area contributed by atoms with Crippen LogP contribution in [0.25, 0.3) is 10.8 Å². The van der Waals surface area contributed by atoms with E-state index in [0.717, 1.165) is 31.3 Å². The van der Waals surface area contributed by atoms with Crippen LogP contribution in [0, 0.1) is 3.57 Å².